The van der Waals surface area contributed by atoms with E-state index in [0.29, 0.717) is 23.4 Å². The SMILES string of the molecule is CCCCCn1c(O)c(C=Nc2ccccc2Br)c(C)c(C#N)c1=O. The molecule has 0 saturated carbocycles. The lowest BCUT2D eigenvalue weighted by Crippen LogP contribution is -2.25. The van der Waals surface area contributed by atoms with Crippen molar-refractivity contribution >= 4 is 27.8 Å². The highest BCUT2D eigenvalue weighted by Gasteiger charge is 2.17. The molecule has 130 valence electrons. The summed E-state index contributed by atoms with van der Waals surface area (Å²) in [6.07, 6.45) is 4.21. The van der Waals surface area contributed by atoms with E-state index in [2.05, 4.69) is 27.8 Å². The van der Waals surface area contributed by atoms with E-state index in [-0.39, 0.29) is 11.4 Å². The number of halogens is 1. The first-order chi connectivity index (χ1) is 12.0. The standard InChI is InChI=1S/C19H20BrN3O2/c1-3-4-7-10-23-18(24)14(11-21)13(2)15(19(23)25)12-22-17-9-6-5-8-16(17)20/h5-6,8-9,12,25H,3-4,7,10H2,1-2H3. The van der Waals surface area contributed by atoms with Gasteiger partial charge in [0.25, 0.3) is 5.56 Å². The van der Waals surface area contributed by atoms with E-state index >= 15 is 0 Å². The van der Waals surface area contributed by atoms with Crippen LogP contribution in [0.1, 0.15) is 42.9 Å². The molecule has 1 N–H and O–H groups in total. The summed E-state index contributed by atoms with van der Waals surface area (Å²) in [4.78, 5) is 16.8. The molecule has 2 rings (SSSR count). The van der Waals surface area contributed by atoms with Crippen LogP contribution in [0.5, 0.6) is 5.88 Å². The first-order valence-corrected chi connectivity index (χ1v) is 8.95. The third-order valence-electron chi connectivity index (χ3n) is 4.02. The Morgan fingerprint density at radius 3 is 2.72 bits per heavy atom. The number of nitrogens with zero attached hydrogens (tertiary/aromatic N) is 3. The summed E-state index contributed by atoms with van der Waals surface area (Å²) in [6, 6.07) is 9.39. The second-order valence-electron chi connectivity index (χ2n) is 5.72. The molecule has 1 aromatic carbocycles. The lowest BCUT2D eigenvalue weighted by atomic mass is 10.1. The van der Waals surface area contributed by atoms with Crippen molar-refractivity contribution in [1.29, 1.82) is 5.26 Å². The normalized spacial score (nSPS) is 11.0. The van der Waals surface area contributed by atoms with Gasteiger partial charge < -0.3 is 5.11 Å². The highest BCUT2D eigenvalue weighted by molar-refractivity contribution is 9.10. The number of pyridine rings is 1. The van der Waals surface area contributed by atoms with Gasteiger partial charge in [0.1, 0.15) is 11.6 Å². The quantitative estimate of drug-likeness (QED) is 0.573. The molecule has 0 unspecified atom stereocenters. The topological polar surface area (TPSA) is 78.4 Å². The average Bonchev–Trinajstić information content (AvgIpc) is 2.59. The molecule has 0 radical (unpaired) electrons. The number of rotatable bonds is 6. The molecule has 0 spiro atoms. The summed E-state index contributed by atoms with van der Waals surface area (Å²) in [6.45, 7) is 4.09. The van der Waals surface area contributed by atoms with Gasteiger partial charge in [-0.1, -0.05) is 31.9 Å². The second kappa shape index (κ2) is 8.63. The summed E-state index contributed by atoms with van der Waals surface area (Å²) >= 11 is 3.42. The molecule has 25 heavy (non-hydrogen) atoms. The van der Waals surface area contributed by atoms with Gasteiger partial charge in [-0.3, -0.25) is 14.4 Å². The minimum absolute atomic E-state index is 0.0443. The Hall–Kier alpha value is -2.39. The van der Waals surface area contributed by atoms with Crippen LogP contribution in [-0.4, -0.2) is 15.9 Å². The number of hydrogen-bond donors (Lipinski definition) is 1. The van der Waals surface area contributed by atoms with E-state index in [1.165, 1.54) is 10.8 Å². The van der Waals surface area contributed by atoms with Crippen LogP contribution in [0.3, 0.4) is 0 Å². The van der Waals surface area contributed by atoms with Gasteiger partial charge in [0.15, 0.2) is 0 Å². The van der Waals surface area contributed by atoms with Crippen LogP contribution in [0.4, 0.5) is 5.69 Å². The van der Waals surface area contributed by atoms with Crippen molar-refractivity contribution < 1.29 is 5.11 Å². The molecule has 0 saturated heterocycles. The zero-order chi connectivity index (χ0) is 18.4. The Kier molecular flexibility index (Phi) is 6.54. The predicted octanol–water partition coefficient (Wildman–Crippen LogP) is 4.44. The van der Waals surface area contributed by atoms with Crippen LogP contribution < -0.4 is 5.56 Å². The van der Waals surface area contributed by atoms with E-state index in [1.54, 1.807) is 6.92 Å². The number of benzene rings is 1. The fourth-order valence-corrected chi connectivity index (χ4v) is 2.93. The first-order valence-electron chi connectivity index (χ1n) is 8.16. The van der Waals surface area contributed by atoms with E-state index < -0.39 is 5.56 Å². The fourth-order valence-electron chi connectivity index (χ4n) is 2.54. The molecule has 0 fully saturated rings. The Labute approximate surface area is 155 Å². The molecule has 1 aromatic heterocycles. The van der Waals surface area contributed by atoms with Crippen LogP contribution in [0.2, 0.25) is 0 Å². The van der Waals surface area contributed by atoms with Crippen LogP contribution in [0.15, 0.2) is 38.5 Å². The number of nitriles is 1. The van der Waals surface area contributed by atoms with E-state index in [9.17, 15) is 15.2 Å². The third kappa shape index (κ3) is 4.18. The minimum atomic E-state index is -0.452. The van der Waals surface area contributed by atoms with E-state index in [4.69, 9.17) is 0 Å². The minimum Gasteiger partial charge on any atom is -0.494 e. The lowest BCUT2D eigenvalue weighted by Gasteiger charge is -2.13. The second-order valence-corrected chi connectivity index (χ2v) is 6.58. The van der Waals surface area contributed by atoms with Gasteiger partial charge in [-0.25, -0.2) is 0 Å². The third-order valence-corrected chi connectivity index (χ3v) is 4.69. The molecule has 0 bridgehead atoms. The van der Waals surface area contributed by atoms with Gasteiger partial charge >= 0.3 is 0 Å². The Bertz CT molecular complexity index is 895. The van der Waals surface area contributed by atoms with Gasteiger partial charge in [0, 0.05) is 17.2 Å². The summed E-state index contributed by atoms with van der Waals surface area (Å²) in [5, 5.41) is 19.9. The van der Waals surface area contributed by atoms with E-state index in [1.807, 2.05) is 30.3 Å². The molecule has 1 heterocycles. The average molecular weight is 402 g/mol. The number of aromatic hydroxyl groups is 1. The summed E-state index contributed by atoms with van der Waals surface area (Å²) in [5.74, 6) is -0.145. The Balaban J connectivity index is 2.53. The molecule has 6 heteroatoms. The summed E-state index contributed by atoms with van der Waals surface area (Å²) in [7, 11) is 0. The van der Waals surface area contributed by atoms with Crippen molar-refractivity contribution in [3.05, 3.63) is 55.8 Å². The number of aromatic nitrogens is 1. The van der Waals surface area contributed by atoms with Gasteiger partial charge in [0.2, 0.25) is 5.88 Å². The Morgan fingerprint density at radius 1 is 1.36 bits per heavy atom. The van der Waals surface area contributed by atoms with Crippen LogP contribution in [0.25, 0.3) is 0 Å². The highest BCUT2D eigenvalue weighted by atomic mass is 79.9. The van der Waals surface area contributed by atoms with Gasteiger partial charge in [-0.05, 0) is 47.0 Å². The maximum absolute atomic E-state index is 12.4. The maximum Gasteiger partial charge on any atom is 0.271 e. The molecule has 0 aliphatic heterocycles. The zero-order valence-corrected chi connectivity index (χ0v) is 15.9. The molecular weight excluding hydrogens is 382 g/mol. The van der Waals surface area contributed by atoms with Gasteiger partial charge in [-0.2, -0.15) is 5.26 Å². The monoisotopic (exact) mass is 401 g/mol. The fraction of sp³-hybridized carbons (Fsp3) is 0.316. The summed E-state index contributed by atoms with van der Waals surface area (Å²) < 4.78 is 2.09. The molecule has 0 aliphatic carbocycles. The van der Waals surface area contributed by atoms with Crippen molar-refractivity contribution in [1.82, 2.24) is 4.57 Å². The number of unbranched alkanes of at least 4 members (excludes halogenated alkanes) is 2. The molecule has 0 amide bonds. The zero-order valence-electron chi connectivity index (χ0n) is 14.3. The number of aliphatic imine (C=N–C) groups is 1. The van der Waals surface area contributed by atoms with Crippen molar-refractivity contribution in [3.63, 3.8) is 0 Å². The van der Waals surface area contributed by atoms with Crippen molar-refractivity contribution in [2.45, 2.75) is 39.7 Å². The van der Waals surface area contributed by atoms with Crippen molar-refractivity contribution in [3.8, 4) is 11.9 Å². The molecular formula is C19H20BrN3O2. The molecule has 5 nitrogen and oxygen atoms in total. The van der Waals surface area contributed by atoms with E-state index in [0.717, 1.165) is 23.7 Å². The largest absolute Gasteiger partial charge is 0.494 e. The Morgan fingerprint density at radius 2 is 2.08 bits per heavy atom. The molecule has 0 aliphatic rings. The maximum atomic E-state index is 12.4. The van der Waals surface area contributed by atoms with Crippen LogP contribution in [0, 0.1) is 18.3 Å². The van der Waals surface area contributed by atoms with Crippen molar-refractivity contribution in [2.75, 3.05) is 0 Å². The predicted molar refractivity (Wildman–Crippen MR) is 103 cm³/mol. The summed E-state index contributed by atoms with van der Waals surface area (Å²) in [5.41, 5.74) is 1.12. The van der Waals surface area contributed by atoms with Crippen LogP contribution in [-0.2, 0) is 6.54 Å². The van der Waals surface area contributed by atoms with Gasteiger partial charge in [-0.15, -0.1) is 0 Å². The first kappa shape index (κ1) is 18.9. The molecule has 2 aromatic rings. The van der Waals surface area contributed by atoms with Gasteiger partial charge in [0.05, 0.1) is 11.3 Å². The lowest BCUT2D eigenvalue weighted by molar-refractivity contribution is 0.398. The number of hydrogen-bond acceptors (Lipinski definition) is 4. The highest BCUT2D eigenvalue weighted by Crippen LogP contribution is 2.26. The van der Waals surface area contributed by atoms with Crippen LogP contribution >= 0.6 is 15.9 Å². The number of para-hydroxylation sites is 1. The smallest absolute Gasteiger partial charge is 0.271 e. The van der Waals surface area contributed by atoms with Crippen molar-refractivity contribution in [2.24, 2.45) is 4.99 Å². The molecule has 0 atom stereocenters.